The van der Waals surface area contributed by atoms with Crippen LogP contribution < -0.4 is 5.32 Å². The van der Waals surface area contributed by atoms with E-state index < -0.39 is 0 Å². The molecule has 1 atom stereocenters. The maximum atomic E-state index is 4.40. The second-order valence-corrected chi connectivity index (χ2v) is 4.14. The van der Waals surface area contributed by atoms with Gasteiger partial charge in [-0.05, 0) is 20.8 Å². The first-order valence-corrected chi connectivity index (χ1v) is 5.55. The van der Waals surface area contributed by atoms with Crippen LogP contribution in [0.1, 0.15) is 35.7 Å². The summed E-state index contributed by atoms with van der Waals surface area (Å²) in [4.78, 5) is 0. The van der Waals surface area contributed by atoms with Crippen LogP contribution in [0.2, 0.25) is 0 Å². The van der Waals surface area contributed by atoms with Gasteiger partial charge in [0.1, 0.15) is 0 Å². The molecule has 2 rings (SSSR count). The molecule has 0 saturated carbocycles. The van der Waals surface area contributed by atoms with Crippen molar-refractivity contribution < 1.29 is 0 Å². The Hall–Kier alpha value is -1.76. The van der Waals surface area contributed by atoms with Gasteiger partial charge in [0.15, 0.2) is 5.82 Å². The van der Waals surface area contributed by atoms with Crippen molar-refractivity contribution in [3.05, 3.63) is 22.8 Å². The topological polar surface area (TPSA) is 84.3 Å². The minimum atomic E-state index is 0.210. The molecule has 0 aliphatic carbocycles. The van der Waals surface area contributed by atoms with Crippen LogP contribution in [0.5, 0.6) is 0 Å². The molecule has 0 radical (unpaired) electrons. The van der Waals surface area contributed by atoms with Gasteiger partial charge in [0.05, 0.1) is 12.2 Å². The van der Waals surface area contributed by atoms with E-state index in [1.165, 1.54) is 11.3 Å². The number of H-pyrrole nitrogens is 1. The lowest BCUT2D eigenvalue weighted by Crippen LogP contribution is -2.20. The summed E-state index contributed by atoms with van der Waals surface area (Å²) in [5.41, 5.74) is 3.46. The van der Waals surface area contributed by atoms with Gasteiger partial charge in [-0.2, -0.15) is 10.3 Å². The van der Waals surface area contributed by atoms with Crippen LogP contribution in [0.3, 0.4) is 0 Å². The zero-order chi connectivity index (χ0) is 12.4. The quantitative estimate of drug-likeness (QED) is 0.801. The van der Waals surface area contributed by atoms with E-state index in [1.54, 1.807) is 0 Å². The highest BCUT2D eigenvalue weighted by Gasteiger charge is 2.16. The summed E-state index contributed by atoms with van der Waals surface area (Å²) in [5, 5.41) is 21.5. The van der Waals surface area contributed by atoms with Gasteiger partial charge in [0, 0.05) is 24.3 Å². The van der Waals surface area contributed by atoms with Gasteiger partial charge >= 0.3 is 0 Å². The second kappa shape index (κ2) is 4.62. The first-order chi connectivity index (χ1) is 8.09. The van der Waals surface area contributed by atoms with Crippen molar-refractivity contribution in [3.8, 4) is 0 Å². The lowest BCUT2D eigenvalue weighted by Gasteiger charge is -2.13. The van der Waals surface area contributed by atoms with Gasteiger partial charge in [0.25, 0.3) is 0 Å². The molecule has 0 spiro atoms. The largest absolute Gasteiger partial charge is 0.303 e. The number of tetrazole rings is 1. The van der Waals surface area contributed by atoms with Crippen molar-refractivity contribution in [2.45, 2.75) is 33.4 Å². The highest BCUT2D eigenvalue weighted by Crippen LogP contribution is 2.20. The van der Waals surface area contributed by atoms with E-state index in [1.807, 2.05) is 18.7 Å². The summed E-state index contributed by atoms with van der Waals surface area (Å²) in [6.07, 6.45) is 0. The summed E-state index contributed by atoms with van der Waals surface area (Å²) in [6.45, 7) is 6.79. The van der Waals surface area contributed by atoms with E-state index in [-0.39, 0.29) is 6.04 Å². The van der Waals surface area contributed by atoms with E-state index in [0.29, 0.717) is 12.4 Å². The third kappa shape index (κ3) is 2.33. The van der Waals surface area contributed by atoms with E-state index in [4.69, 9.17) is 0 Å². The number of hydrogen-bond acceptors (Lipinski definition) is 5. The molecule has 2 N–H and O–H groups in total. The average Bonchev–Trinajstić information content (AvgIpc) is 2.86. The SMILES string of the molecule is Cc1nn(C)c(C)c1C(C)NCc1nn[nH]n1. The minimum absolute atomic E-state index is 0.210. The number of aryl methyl sites for hydroxylation is 2. The van der Waals surface area contributed by atoms with Crippen molar-refractivity contribution in [2.75, 3.05) is 0 Å². The molecule has 0 fully saturated rings. The molecule has 7 heteroatoms. The van der Waals surface area contributed by atoms with E-state index in [9.17, 15) is 0 Å². The van der Waals surface area contributed by atoms with Gasteiger partial charge in [-0.15, -0.1) is 10.2 Å². The number of nitrogens with one attached hydrogen (secondary N) is 2. The first-order valence-electron chi connectivity index (χ1n) is 5.55. The Balaban J connectivity index is 2.07. The highest BCUT2D eigenvalue weighted by atomic mass is 15.5. The third-order valence-electron chi connectivity index (χ3n) is 2.95. The fourth-order valence-corrected chi connectivity index (χ4v) is 2.02. The molecule has 1 unspecified atom stereocenters. The molecule has 0 aliphatic rings. The molecule has 7 nitrogen and oxygen atoms in total. The van der Waals surface area contributed by atoms with Crippen LogP contribution in [0.15, 0.2) is 0 Å². The maximum Gasteiger partial charge on any atom is 0.188 e. The Morgan fingerprint density at radius 2 is 2.18 bits per heavy atom. The van der Waals surface area contributed by atoms with Gasteiger partial charge in [-0.3, -0.25) is 4.68 Å². The number of nitrogens with zero attached hydrogens (tertiary/aromatic N) is 5. The molecule has 2 heterocycles. The normalized spacial score (nSPS) is 12.9. The molecule has 17 heavy (non-hydrogen) atoms. The summed E-state index contributed by atoms with van der Waals surface area (Å²) >= 11 is 0. The van der Waals surface area contributed by atoms with Crippen molar-refractivity contribution in [1.82, 2.24) is 35.7 Å². The van der Waals surface area contributed by atoms with Gasteiger partial charge in [0.2, 0.25) is 0 Å². The molecule has 0 bridgehead atoms. The summed E-state index contributed by atoms with van der Waals surface area (Å²) < 4.78 is 1.90. The van der Waals surface area contributed by atoms with Crippen molar-refractivity contribution in [2.24, 2.45) is 7.05 Å². The molecular weight excluding hydrogens is 218 g/mol. The van der Waals surface area contributed by atoms with Gasteiger partial charge < -0.3 is 5.32 Å². The van der Waals surface area contributed by atoms with Crippen molar-refractivity contribution >= 4 is 0 Å². The smallest absolute Gasteiger partial charge is 0.188 e. The number of rotatable bonds is 4. The Labute approximate surface area is 99.6 Å². The number of hydrogen-bond donors (Lipinski definition) is 2. The fourth-order valence-electron chi connectivity index (χ4n) is 2.02. The van der Waals surface area contributed by atoms with Gasteiger partial charge in [-0.25, -0.2) is 0 Å². The summed E-state index contributed by atoms with van der Waals surface area (Å²) in [6, 6.07) is 0.210. The zero-order valence-electron chi connectivity index (χ0n) is 10.5. The molecule has 0 amide bonds. The molecule has 2 aromatic rings. The van der Waals surface area contributed by atoms with E-state index >= 15 is 0 Å². The number of aromatic nitrogens is 6. The standard InChI is InChI=1S/C10H17N7/c1-6(11-5-9-12-15-16-13-9)10-7(2)14-17(4)8(10)3/h6,11H,5H2,1-4H3,(H,12,13,15,16). The maximum absolute atomic E-state index is 4.40. The van der Waals surface area contributed by atoms with E-state index in [0.717, 1.165) is 5.69 Å². The highest BCUT2D eigenvalue weighted by molar-refractivity contribution is 5.27. The predicted octanol–water partition coefficient (Wildman–Crippen LogP) is 0.401. The van der Waals surface area contributed by atoms with Crippen molar-refractivity contribution in [1.29, 1.82) is 0 Å². The third-order valence-corrected chi connectivity index (χ3v) is 2.95. The fraction of sp³-hybridized carbons (Fsp3) is 0.600. The molecule has 2 aromatic heterocycles. The molecule has 0 saturated heterocycles. The lowest BCUT2D eigenvalue weighted by molar-refractivity contribution is 0.554. The van der Waals surface area contributed by atoms with Crippen LogP contribution in [-0.4, -0.2) is 30.4 Å². The van der Waals surface area contributed by atoms with Crippen LogP contribution in [0.4, 0.5) is 0 Å². The van der Waals surface area contributed by atoms with Crippen LogP contribution in [0.25, 0.3) is 0 Å². The zero-order valence-corrected chi connectivity index (χ0v) is 10.5. The Morgan fingerprint density at radius 1 is 1.41 bits per heavy atom. The Bertz CT molecular complexity index is 485. The molecular formula is C10H17N7. The van der Waals surface area contributed by atoms with Crippen LogP contribution in [0, 0.1) is 13.8 Å². The summed E-state index contributed by atoms with van der Waals surface area (Å²) in [5.74, 6) is 0.663. The summed E-state index contributed by atoms with van der Waals surface area (Å²) in [7, 11) is 1.96. The van der Waals surface area contributed by atoms with Crippen LogP contribution >= 0.6 is 0 Å². The Morgan fingerprint density at radius 3 is 2.71 bits per heavy atom. The van der Waals surface area contributed by atoms with Crippen molar-refractivity contribution in [3.63, 3.8) is 0 Å². The number of aromatic amines is 1. The molecule has 0 aliphatic heterocycles. The predicted molar refractivity (Wildman–Crippen MR) is 62.1 cm³/mol. The van der Waals surface area contributed by atoms with E-state index in [2.05, 4.69) is 44.9 Å². The first kappa shape index (κ1) is 11.7. The molecule has 0 aromatic carbocycles. The second-order valence-electron chi connectivity index (χ2n) is 4.14. The monoisotopic (exact) mass is 235 g/mol. The van der Waals surface area contributed by atoms with Crippen LogP contribution in [-0.2, 0) is 13.6 Å². The molecule has 92 valence electrons. The average molecular weight is 235 g/mol. The van der Waals surface area contributed by atoms with Gasteiger partial charge in [-0.1, -0.05) is 5.21 Å². The minimum Gasteiger partial charge on any atom is -0.303 e. The Kier molecular flexibility index (Phi) is 3.19. The lowest BCUT2D eigenvalue weighted by atomic mass is 10.1.